The van der Waals surface area contributed by atoms with Gasteiger partial charge in [0.1, 0.15) is 5.75 Å². The van der Waals surface area contributed by atoms with Crippen LogP contribution in [0.1, 0.15) is 26.3 Å². The van der Waals surface area contributed by atoms with Crippen LogP contribution in [0, 0.1) is 0 Å². The first-order valence-corrected chi connectivity index (χ1v) is 6.38. The maximum absolute atomic E-state index is 9.70. The van der Waals surface area contributed by atoms with Gasteiger partial charge >= 0.3 is 0 Å². The third-order valence-corrected chi connectivity index (χ3v) is 3.01. The highest BCUT2D eigenvalue weighted by Crippen LogP contribution is 2.16. The lowest BCUT2D eigenvalue weighted by molar-refractivity contribution is 0.457. The van der Waals surface area contributed by atoms with Crippen LogP contribution in [-0.2, 0) is 0 Å². The van der Waals surface area contributed by atoms with Gasteiger partial charge in [0.15, 0.2) is 5.11 Å². The molecule has 0 amide bonds. The number of para-hydroxylation sites is 1. The van der Waals surface area contributed by atoms with E-state index >= 15 is 0 Å². The minimum absolute atomic E-state index is 0.217. The molecule has 0 bridgehead atoms. The molecule has 0 aliphatic heterocycles. The highest BCUT2D eigenvalue weighted by molar-refractivity contribution is 7.80. The van der Waals surface area contributed by atoms with Gasteiger partial charge in [0.05, 0.1) is 5.71 Å². The maximum atomic E-state index is 9.70. The Balaban J connectivity index is 2.74. The van der Waals surface area contributed by atoms with Crippen LogP contribution in [-0.4, -0.2) is 33.9 Å². The topological polar surface area (TPSA) is 47.9 Å². The first-order chi connectivity index (χ1) is 8.60. The summed E-state index contributed by atoms with van der Waals surface area (Å²) in [5.74, 6) is 0.217. The van der Waals surface area contributed by atoms with Gasteiger partial charge in [0, 0.05) is 18.7 Å². The Hall–Kier alpha value is -1.62. The highest BCUT2D eigenvalue weighted by Gasteiger charge is 2.05. The van der Waals surface area contributed by atoms with Crippen LogP contribution in [0.2, 0.25) is 0 Å². The van der Waals surface area contributed by atoms with Gasteiger partial charge < -0.3 is 10.0 Å². The molecule has 98 valence electrons. The quantitative estimate of drug-likeness (QED) is 0.498. The van der Waals surface area contributed by atoms with Crippen molar-refractivity contribution in [2.24, 2.45) is 5.10 Å². The molecule has 0 saturated heterocycles. The highest BCUT2D eigenvalue weighted by atomic mass is 32.1. The van der Waals surface area contributed by atoms with E-state index in [1.54, 1.807) is 12.1 Å². The Bertz CT molecular complexity index is 442. The fourth-order valence-electron chi connectivity index (χ4n) is 1.55. The Morgan fingerprint density at radius 2 is 1.94 bits per heavy atom. The number of thiocarbonyl (C=S) groups is 1. The molecule has 4 nitrogen and oxygen atoms in total. The molecule has 5 heteroatoms. The van der Waals surface area contributed by atoms with Crippen LogP contribution in [0.4, 0.5) is 0 Å². The van der Waals surface area contributed by atoms with E-state index in [1.807, 2.05) is 37.8 Å². The summed E-state index contributed by atoms with van der Waals surface area (Å²) in [4.78, 5) is 2.00. The summed E-state index contributed by atoms with van der Waals surface area (Å²) in [7, 11) is 0. The van der Waals surface area contributed by atoms with Gasteiger partial charge in [-0.3, -0.25) is 5.43 Å². The van der Waals surface area contributed by atoms with E-state index in [4.69, 9.17) is 12.2 Å². The van der Waals surface area contributed by atoms with Gasteiger partial charge in [-0.25, -0.2) is 0 Å². The second-order valence-corrected chi connectivity index (χ2v) is 4.19. The number of hydrogen-bond acceptors (Lipinski definition) is 3. The fraction of sp³-hybridized carbons (Fsp3) is 0.385. The maximum Gasteiger partial charge on any atom is 0.189 e. The van der Waals surface area contributed by atoms with E-state index in [0.29, 0.717) is 16.4 Å². The zero-order valence-electron chi connectivity index (χ0n) is 11.0. The molecule has 0 heterocycles. The van der Waals surface area contributed by atoms with Crippen molar-refractivity contribution >= 4 is 23.0 Å². The van der Waals surface area contributed by atoms with Crippen LogP contribution >= 0.6 is 12.2 Å². The molecule has 0 aliphatic rings. The molecular formula is C13H19N3OS. The number of phenolic OH excluding ortho intramolecular Hbond substituents is 1. The number of hydrazone groups is 1. The van der Waals surface area contributed by atoms with Crippen molar-refractivity contribution in [3.63, 3.8) is 0 Å². The minimum Gasteiger partial charge on any atom is -0.507 e. The predicted molar refractivity (Wildman–Crippen MR) is 79.0 cm³/mol. The van der Waals surface area contributed by atoms with Gasteiger partial charge in [-0.15, -0.1) is 0 Å². The van der Waals surface area contributed by atoms with E-state index < -0.39 is 0 Å². The average Bonchev–Trinajstić information content (AvgIpc) is 2.38. The van der Waals surface area contributed by atoms with Gasteiger partial charge in [0.2, 0.25) is 0 Å². The molecule has 0 spiro atoms. The summed E-state index contributed by atoms with van der Waals surface area (Å²) in [5, 5.41) is 14.5. The minimum atomic E-state index is 0.217. The summed E-state index contributed by atoms with van der Waals surface area (Å²) in [6.45, 7) is 7.59. The molecule has 0 fully saturated rings. The van der Waals surface area contributed by atoms with Crippen LogP contribution < -0.4 is 5.43 Å². The van der Waals surface area contributed by atoms with Crippen molar-refractivity contribution < 1.29 is 5.11 Å². The molecule has 0 aliphatic carbocycles. The molecule has 1 aromatic carbocycles. The van der Waals surface area contributed by atoms with E-state index in [0.717, 1.165) is 13.1 Å². The zero-order valence-corrected chi connectivity index (χ0v) is 11.8. The molecule has 2 N–H and O–H groups in total. The van der Waals surface area contributed by atoms with E-state index in [1.165, 1.54) is 0 Å². The predicted octanol–water partition coefficient (Wildman–Crippen LogP) is 2.33. The van der Waals surface area contributed by atoms with Crippen LogP contribution in [0.3, 0.4) is 0 Å². The molecule has 18 heavy (non-hydrogen) atoms. The fourth-order valence-corrected chi connectivity index (χ4v) is 1.86. The summed E-state index contributed by atoms with van der Waals surface area (Å²) < 4.78 is 0. The van der Waals surface area contributed by atoms with E-state index in [9.17, 15) is 5.11 Å². The molecule has 1 aromatic rings. The van der Waals surface area contributed by atoms with Crippen molar-refractivity contribution in [1.82, 2.24) is 10.3 Å². The largest absolute Gasteiger partial charge is 0.507 e. The standard InChI is InChI=1S/C13H19N3OS/c1-4-16(5-2)13(18)15-14-10(3)11-8-6-7-9-12(11)17/h6-9,17H,4-5H2,1-3H3,(H,15,18)/b14-10+. The van der Waals surface area contributed by atoms with Gasteiger partial charge in [-0.05, 0) is 45.1 Å². The molecule has 0 radical (unpaired) electrons. The number of phenols is 1. The Labute approximate surface area is 113 Å². The monoisotopic (exact) mass is 265 g/mol. The first kappa shape index (κ1) is 14.4. The van der Waals surface area contributed by atoms with E-state index in [-0.39, 0.29) is 5.75 Å². The van der Waals surface area contributed by atoms with Crippen molar-refractivity contribution in [3.8, 4) is 5.75 Å². The summed E-state index contributed by atoms with van der Waals surface area (Å²) in [6.07, 6.45) is 0. The summed E-state index contributed by atoms with van der Waals surface area (Å²) in [6, 6.07) is 7.09. The Morgan fingerprint density at radius 3 is 2.50 bits per heavy atom. The van der Waals surface area contributed by atoms with Gasteiger partial charge in [-0.1, -0.05) is 12.1 Å². The lowest BCUT2D eigenvalue weighted by atomic mass is 10.1. The van der Waals surface area contributed by atoms with E-state index in [2.05, 4.69) is 10.5 Å². The third-order valence-electron chi connectivity index (χ3n) is 2.66. The van der Waals surface area contributed by atoms with Crippen molar-refractivity contribution in [3.05, 3.63) is 29.8 Å². The number of benzene rings is 1. The van der Waals surface area contributed by atoms with Crippen molar-refractivity contribution in [2.45, 2.75) is 20.8 Å². The zero-order chi connectivity index (χ0) is 13.5. The Kier molecular flexibility index (Phi) is 5.58. The summed E-state index contributed by atoms with van der Waals surface area (Å²) in [5.41, 5.74) is 4.24. The third kappa shape index (κ3) is 3.70. The normalized spacial score (nSPS) is 11.2. The number of nitrogens with one attached hydrogen (secondary N) is 1. The second kappa shape index (κ2) is 6.96. The molecule has 0 saturated carbocycles. The lowest BCUT2D eigenvalue weighted by Crippen LogP contribution is -2.37. The molecule has 0 atom stereocenters. The molecule has 0 unspecified atom stereocenters. The molecule has 1 rings (SSSR count). The average molecular weight is 265 g/mol. The van der Waals surface area contributed by atoms with Gasteiger partial charge in [-0.2, -0.15) is 5.10 Å². The number of hydrogen-bond donors (Lipinski definition) is 2. The van der Waals surface area contributed by atoms with Crippen LogP contribution in [0.5, 0.6) is 5.75 Å². The molecular weight excluding hydrogens is 246 g/mol. The Morgan fingerprint density at radius 1 is 1.33 bits per heavy atom. The van der Waals surface area contributed by atoms with Gasteiger partial charge in [0.25, 0.3) is 0 Å². The second-order valence-electron chi connectivity index (χ2n) is 3.80. The smallest absolute Gasteiger partial charge is 0.189 e. The SMILES string of the molecule is CCN(CC)C(=S)N/N=C(\C)c1ccccc1O. The molecule has 0 aromatic heterocycles. The summed E-state index contributed by atoms with van der Waals surface area (Å²) >= 11 is 5.22. The number of nitrogens with zero attached hydrogens (tertiary/aromatic N) is 2. The van der Waals surface area contributed by atoms with Crippen LogP contribution in [0.15, 0.2) is 29.4 Å². The first-order valence-electron chi connectivity index (χ1n) is 5.97. The number of rotatable bonds is 4. The van der Waals surface area contributed by atoms with Crippen LogP contribution in [0.25, 0.3) is 0 Å². The van der Waals surface area contributed by atoms with Crippen molar-refractivity contribution in [2.75, 3.05) is 13.1 Å². The number of aromatic hydroxyl groups is 1. The van der Waals surface area contributed by atoms with Crippen molar-refractivity contribution in [1.29, 1.82) is 0 Å². The lowest BCUT2D eigenvalue weighted by Gasteiger charge is -2.20.